The minimum Gasteiger partial charge on any atom is -0.481 e. The quantitative estimate of drug-likeness (QED) is 0.573. The van der Waals surface area contributed by atoms with Crippen molar-refractivity contribution in [2.75, 3.05) is 38.4 Å². The molecule has 0 fully saturated rings. The van der Waals surface area contributed by atoms with Gasteiger partial charge in [-0.05, 0) is 6.42 Å². The fourth-order valence-electron chi connectivity index (χ4n) is 1.000. The summed E-state index contributed by atoms with van der Waals surface area (Å²) in [6.45, 7) is 3.19. The van der Waals surface area contributed by atoms with Crippen LogP contribution in [-0.2, 0) is 25.1 Å². The molecule has 0 heterocycles. The molecule has 0 radical (unpaired) electrons. The van der Waals surface area contributed by atoms with Crippen LogP contribution in [0.2, 0.25) is 0 Å². The van der Waals surface area contributed by atoms with Crippen LogP contribution in [0.15, 0.2) is 0 Å². The third-order valence-corrected chi connectivity index (χ3v) is 3.57. The predicted molar refractivity (Wildman–Crippen MR) is 62.0 cm³/mol. The van der Waals surface area contributed by atoms with Gasteiger partial charge in [0.1, 0.15) is 0 Å². The fraction of sp³-hybridized carbons (Fsp3) is 0.900. The van der Waals surface area contributed by atoms with Crippen LogP contribution in [0.5, 0.6) is 0 Å². The van der Waals surface area contributed by atoms with Crippen LogP contribution in [0.25, 0.3) is 0 Å². The topological polar surface area (TPSA) is 72.8 Å². The Balaban J connectivity index is 3.40. The third-order valence-electron chi connectivity index (χ3n) is 1.95. The molecule has 0 rings (SSSR count). The van der Waals surface area contributed by atoms with Crippen molar-refractivity contribution in [2.24, 2.45) is 5.92 Å². The molecule has 0 saturated heterocycles. The van der Waals surface area contributed by atoms with Gasteiger partial charge < -0.3 is 14.6 Å². The number of hydrogen-bond donors (Lipinski definition) is 1. The summed E-state index contributed by atoms with van der Waals surface area (Å²) in [6, 6.07) is 0. The van der Waals surface area contributed by atoms with Gasteiger partial charge >= 0.3 is 5.97 Å². The average Bonchev–Trinajstić information content (AvgIpc) is 2.23. The third kappa shape index (κ3) is 8.82. The second-order valence-electron chi connectivity index (χ2n) is 3.51. The molecule has 16 heavy (non-hydrogen) atoms. The highest BCUT2D eigenvalue weighted by atomic mass is 32.2. The molecule has 0 amide bonds. The van der Waals surface area contributed by atoms with Gasteiger partial charge in [-0.3, -0.25) is 9.00 Å². The first-order valence-corrected chi connectivity index (χ1v) is 6.71. The maximum absolute atomic E-state index is 11.4. The minimum atomic E-state index is -1.07. The van der Waals surface area contributed by atoms with Gasteiger partial charge in [0.2, 0.25) is 0 Å². The van der Waals surface area contributed by atoms with E-state index in [0.29, 0.717) is 32.0 Å². The summed E-state index contributed by atoms with van der Waals surface area (Å²) in [5, 5.41) is 8.63. The summed E-state index contributed by atoms with van der Waals surface area (Å²) in [7, 11) is 0.533. The highest BCUT2D eigenvalue weighted by Gasteiger charge is 2.14. The Morgan fingerprint density at radius 2 is 2.06 bits per heavy atom. The number of methoxy groups -OCH3 is 1. The first-order chi connectivity index (χ1) is 7.57. The number of rotatable bonds is 10. The lowest BCUT2D eigenvalue weighted by molar-refractivity contribution is -0.140. The molecule has 0 saturated carbocycles. The van der Waals surface area contributed by atoms with Crippen molar-refractivity contribution in [3.05, 3.63) is 0 Å². The number of carboxylic acids is 1. The van der Waals surface area contributed by atoms with Gasteiger partial charge in [0, 0.05) is 36.0 Å². The second kappa shape index (κ2) is 9.74. The van der Waals surface area contributed by atoms with Crippen molar-refractivity contribution in [2.45, 2.75) is 13.3 Å². The number of carboxylic acid groups (broad SMARTS) is 1. The molecule has 0 spiro atoms. The van der Waals surface area contributed by atoms with Crippen LogP contribution >= 0.6 is 0 Å². The zero-order chi connectivity index (χ0) is 12.4. The summed E-state index contributed by atoms with van der Waals surface area (Å²) in [4.78, 5) is 10.5. The highest BCUT2D eigenvalue weighted by Crippen LogP contribution is 2.00. The normalized spacial score (nSPS) is 14.6. The SMILES string of the molecule is COCCOCCCS(=O)CC(C)C(=O)O. The molecule has 0 aromatic carbocycles. The highest BCUT2D eigenvalue weighted by molar-refractivity contribution is 7.85. The number of aliphatic carboxylic acids is 1. The lowest BCUT2D eigenvalue weighted by atomic mass is 10.2. The largest absolute Gasteiger partial charge is 0.481 e. The molecule has 0 aliphatic carbocycles. The molecule has 0 aliphatic heterocycles. The van der Waals surface area contributed by atoms with Gasteiger partial charge in [-0.15, -0.1) is 0 Å². The monoisotopic (exact) mass is 252 g/mol. The van der Waals surface area contributed by atoms with Crippen molar-refractivity contribution in [1.29, 1.82) is 0 Å². The van der Waals surface area contributed by atoms with E-state index in [-0.39, 0.29) is 5.75 Å². The van der Waals surface area contributed by atoms with Crippen LogP contribution in [0.1, 0.15) is 13.3 Å². The van der Waals surface area contributed by atoms with E-state index in [1.54, 1.807) is 14.0 Å². The molecule has 1 N–H and O–H groups in total. The average molecular weight is 252 g/mol. The number of hydrogen-bond acceptors (Lipinski definition) is 4. The fourth-order valence-corrected chi connectivity index (χ4v) is 2.31. The Labute approximate surface area is 98.6 Å². The molecular weight excluding hydrogens is 232 g/mol. The Bertz CT molecular complexity index is 219. The number of carbonyl (C=O) groups is 1. The van der Waals surface area contributed by atoms with Gasteiger partial charge in [0.15, 0.2) is 0 Å². The molecule has 2 atom stereocenters. The van der Waals surface area contributed by atoms with Crippen LogP contribution in [0, 0.1) is 5.92 Å². The van der Waals surface area contributed by atoms with Gasteiger partial charge in [-0.25, -0.2) is 0 Å². The molecule has 6 heteroatoms. The summed E-state index contributed by atoms with van der Waals surface area (Å²) >= 11 is 0. The standard InChI is InChI=1S/C10H20O5S/c1-9(10(11)12)8-16(13)7-3-4-15-6-5-14-2/h9H,3-8H2,1-2H3,(H,11,12). The van der Waals surface area contributed by atoms with Crippen LogP contribution in [0.3, 0.4) is 0 Å². The van der Waals surface area contributed by atoms with Crippen molar-refractivity contribution in [1.82, 2.24) is 0 Å². The van der Waals surface area contributed by atoms with E-state index in [0.717, 1.165) is 0 Å². The van der Waals surface area contributed by atoms with E-state index < -0.39 is 22.7 Å². The molecule has 0 aliphatic rings. The van der Waals surface area contributed by atoms with Crippen molar-refractivity contribution in [3.63, 3.8) is 0 Å². The molecular formula is C10H20O5S. The van der Waals surface area contributed by atoms with E-state index in [2.05, 4.69) is 0 Å². The Hall–Kier alpha value is -0.460. The summed E-state index contributed by atoms with van der Waals surface area (Å²) < 4.78 is 21.4. The van der Waals surface area contributed by atoms with E-state index in [1.165, 1.54) is 0 Å². The van der Waals surface area contributed by atoms with E-state index >= 15 is 0 Å². The molecule has 96 valence electrons. The van der Waals surface area contributed by atoms with Crippen LogP contribution < -0.4 is 0 Å². The molecule has 0 aromatic rings. The molecule has 5 nitrogen and oxygen atoms in total. The Kier molecular flexibility index (Phi) is 9.46. The Morgan fingerprint density at radius 3 is 2.62 bits per heavy atom. The van der Waals surface area contributed by atoms with E-state index in [9.17, 15) is 9.00 Å². The van der Waals surface area contributed by atoms with Gasteiger partial charge in [0.05, 0.1) is 19.1 Å². The van der Waals surface area contributed by atoms with Crippen LogP contribution in [0.4, 0.5) is 0 Å². The van der Waals surface area contributed by atoms with Crippen molar-refractivity contribution < 1.29 is 23.6 Å². The van der Waals surface area contributed by atoms with Crippen LogP contribution in [-0.4, -0.2) is 53.7 Å². The summed E-state index contributed by atoms with van der Waals surface area (Å²) in [5.41, 5.74) is 0. The first kappa shape index (κ1) is 15.5. The lowest BCUT2D eigenvalue weighted by Crippen LogP contribution is -2.19. The van der Waals surface area contributed by atoms with E-state index in [1.807, 2.05) is 0 Å². The summed E-state index contributed by atoms with van der Waals surface area (Å²) in [6.07, 6.45) is 0.683. The maximum Gasteiger partial charge on any atom is 0.307 e. The van der Waals surface area contributed by atoms with Gasteiger partial charge in [0.25, 0.3) is 0 Å². The van der Waals surface area contributed by atoms with Gasteiger partial charge in [-0.1, -0.05) is 6.92 Å². The molecule has 2 unspecified atom stereocenters. The Morgan fingerprint density at radius 1 is 1.38 bits per heavy atom. The lowest BCUT2D eigenvalue weighted by Gasteiger charge is -2.06. The van der Waals surface area contributed by atoms with Gasteiger partial charge in [-0.2, -0.15) is 0 Å². The minimum absolute atomic E-state index is 0.216. The summed E-state index contributed by atoms with van der Waals surface area (Å²) in [5.74, 6) is -0.738. The first-order valence-electron chi connectivity index (χ1n) is 5.22. The molecule has 0 bridgehead atoms. The smallest absolute Gasteiger partial charge is 0.307 e. The zero-order valence-corrected chi connectivity index (χ0v) is 10.6. The second-order valence-corrected chi connectivity index (χ2v) is 5.13. The zero-order valence-electron chi connectivity index (χ0n) is 9.81. The van der Waals surface area contributed by atoms with Crippen molar-refractivity contribution in [3.8, 4) is 0 Å². The predicted octanol–water partition coefficient (Wildman–Crippen LogP) is 0.509. The van der Waals surface area contributed by atoms with E-state index in [4.69, 9.17) is 14.6 Å². The number of ether oxygens (including phenoxy) is 2. The van der Waals surface area contributed by atoms with Crippen molar-refractivity contribution >= 4 is 16.8 Å². The maximum atomic E-state index is 11.4. The molecule has 0 aromatic heterocycles.